The first-order valence-electron chi connectivity index (χ1n) is 8.86. The van der Waals surface area contributed by atoms with Gasteiger partial charge in [0.1, 0.15) is 5.75 Å². The zero-order valence-electron chi connectivity index (χ0n) is 15.1. The van der Waals surface area contributed by atoms with E-state index in [4.69, 9.17) is 16.3 Å². The highest BCUT2D eigenvalue weighted by atomic mass is 35.5. The lowest BCUT2D eigenvalue weighted by Crippen LogP contribution is -2.49. The molecule has 0 N–H and O–H groups in total. The van der Waals surface area contributed by atoms with Gasteiger partial charge in [0.2, 0.25) is 0 Å². The number of amides is 1. The van der Waals surface area contributed by atoms with Gasteiger partial charge >= 0.3 is 6.18 Å². The molecule has 1 heterocycles. The van der Waals surface area contributed by atoms with Gasteiger partial charge in [-0.3, -0.25) is 9.69 Å². The molecule has 0 saturated carbocycles. The third-order valence-electron chi connectivity index (χ3n) is 4.57. The molecule has 0 spiro atoms. The summed E-state index contributed by atoms with van der Waals surface area (Å²) in [6.07, 6.45) is -4.44. The van der Waals surface area contributed by atoms with Crippen LogP contribution in [0.5, 0.6) is 5.75 Å². The molecule has 1 saturated heterocycles. The molecule has 8 heteroatoms. The van der Waals surface area contributed by atoms with Crippen molar-refractivity contribution in [3.63, 3.8) is 0 Å². The van der Waals surface area contributed by atoms with E-state index in [9.17, 15) is 18.0 Å². The molecular weight excluding hydrogens is 393 g/mol. The minimum atomic E-state index is -4.44. The second kappa shape index (κ2) is 8.84. The lowest BCUT2D eigenvalue weighted by atomic mass is 10.2. The third-order valence-corrected chi connectivity index (χ3v) is 4.82. The molecule has 2 aromatic carbocycles. The monoisotopic (exact) mass is 412 g/mol. The molecule has 2 aromatic rings. The van der Waals surface area contributed by atoms with Gasteiger partial charge in [0.15, 0.2) is 6.61 Å². The molecule has 0 unspecified atom stereocenters. The first kappa shape index (κ1) is 20.5. The van der Waals surface area contributed by atoms with Gasteiger partial charge in [-0.2, -0.15) is 13.2 Å². The van der Waals surface area contributed by atoms with Crippen LogP contribution in [0.4, 0.5) is 13.2 Å². The van der Waals surface area contributed by atoms with Crippen molar-refractivity contribution in [1.29, 1.82) is 0 Å². The summed E-state index contributed by atoms with van der Waals surface area (Å²) in [6.45, 7) is 3.05. The lowest BCUT2D eigenvalue weighted by Gasteiger charge is -2.34. The van der Waals surface area contributed by atoms with Gasteiger partial charge < -0.3 is 9.64 Å². The van der Waals surface area contributed by atoms with Crippen molar-refractivity contribution in [2.24, 2.45) is 0 Å². The second-order valence-electron chi connectivity index (χ2n) is 6.60. The predicted molar refractivity (Wildman–Crippen MR) is 100 cm³/mol. The van der Waals surface area contributed by atoms with Crippen LogP contribution in [0, 0.1) is 0 Å². The fourth-order valence-corrected chi connectivity index (χ4v) is 3.13. The molecule has 3 rings (SSSR count). The van der Waals surface area contributed by atoms with E-state index in [0.29, 0.717) is 18.1 Å². The van der Waals surface area contributed by atoms with Crippen molar-refractivity contribution in [3.05, 3.63) is 64.7 Å². The number of piperazine rings is 1. The van der Waals surface area contributed by atoms with Crippen molar-refractivity contribution < 1.29 is 22.7 Å². The van der Waals surface area contributed by atoms with Gasteiger partial charge in [0, 0.05) is 37.7 Å². The summed E-state index contributed by atoms with van der Waals surface area (Å²) in [5.74, 6) is -0.201. The molecule has 28 heavy (non-hydrogen) atoms. The number of carbonyl (C=O) groups excluding carboxylic acids is 1. The highest BCUT2D eigenvalue weighted by Crippen LogP contribution is 2.31. The molecule has 1 amide bonds. The zero-order valence-corrected chi connectivity index (χ0v) is 15.8. The summed E-state index contributed by atoms with van der Waals surface area (Å²) in [6, 6.07) is 12.2. The molecule has 0 atom stereocenters. The second-order valence-corrected chi connectivity index (χ2v) is 7.03. The van der Waals surface area contributed by atoms with Gasteiger partial charge in [-0.25, -0.2) is 0 Å². The standard InChI is InChI=1S/C20H20ClF3N2O2/c21-17-6-4-15(5-7-17)13-25-8-10-26(11-9-25)19(27)14-28-18-3-1-2-16(12-18)20(22,23)24/h1-7,12H,8-11,13-14H2. The first-order chi connectivity index (χ1) is 13.3. The van der Waals surface area contributed by atoms with Crippen LogP contribution in [0.2, 0.25) is 5.02 Å². The molecular formula is C20H20ClF3N2O2. The van der Waals surface area contributed by atoms with Crippen molar-refractivity contribution in [2.45, 2.75) is 12.7 Å². The first-order valence-corrected chi connectivity index (χ1v) is 9.24. The number of halogens is 4. The maximum absolute atomic E-state index is 12.7. The quantitative estimate of drug-likeness (QED) is 0.741. The van der Waals surface area contributed by atoms with Crippen LogP contribution in [-0.4, -0.2) is 48.5 Å². The van der Waals surface area contributed by atoms with E-state index in [-0.39, 0.29) is 18.3 Å². The molecule has 0 aliphatic carbocycles. The lowest BCUT2D eigenvalue weighted by molar-refractivity contribution is -0.137. The van der Waals surface area contributed by atoms with Gasteiger partial charge in [-0.15, -0.1) is 0 Å². The van der Waals surface area contributed by atoms with Crippen molar-refractivity contribution in [2.75, 3.05) is 32.8 Å². The fourth-order valence-electron chi connectivity index (χ4n) is 3.00. The van der Waals surface area contributed by atoms with Gasteiger partial charge in [-0.05, 0) is 35.9 Å². The molecule has 0 radical (unpaired) electrons. The highest BCUT2D eigenvalue weighted by molar-refractivity contribution is 6.30. The van der Waals surface area contributed by atoms with Crippen LogP contribution in [0.15, 0.2) is 48.5 Å². The van der Waals surface area contributed by atoms with Crippen LogP contribution in [-0.2, 0) is 17.5 Å². The Morgan fingerprint density at radius 1 is 1.04 bits per heavy atom. The van der Waals surface area contributed by atoms with E-state index in [0.717, 1.165) is 37.3 Å². The van der Waals surface area contributed by atoms with Crippen LogP contribution in [0.1, 0.15) is 11.1 Å². The van der Waals surface area contributed by atoms with Crippen LogP contribution in [0.3, 0.4) is 0 Å². The fraction of sp³-hybridized carbons (Fsp3) is 0.350. The summed E-state index contributed by atoms with van der Waals surface area (Å²) in [7, 11) is 0. The molecule has 4 nitrogen and oxygen atoms in total. The smallest absolute Gasteiger partial charge is 0.416 e. The number of nitrogens with zero attached hydrogens (tertiary/aromatic N) is 2. The topological polar surface area (TPSA) is 32.8 Å². The number of hydrogen-bond acceptors (Lipinski definition) is 3. The van der Waals surface area contributed by atoms with Crippen molar-refractivity contribution >= 4 is 17.5 Å². The van der Waals surface area contributed by atoms with Gasteiger partial charge in [0.05, 0.1) is 5.56 Å². The normalized spacial score (nSPS) is 15.5. The van der Waals surface area contributed by atoms with Gasteiger partial charge in [-0.1, -0.05) is 29.8 Å². The minimum Gasteiger partial charge on any atom is -0.484 e. The number of alkyl halides is 3. The molecule has 0 bridgehead atoms. The molecule has 1 aliphatic rings. The summed E-state index contributed by atoms with van der Waals surface area (Å²) in [5.41, 5.74) is 0.352. The number of rotatable bonds is 5. The Balaban J connectivity index is 1.46. The van der Waals surface area contributed by atoms with E-state index in [1.807, 2.05) is 24.3 Å². The molecule has 1 aliphatic heterocycles. The Kier molecular flexibility index (Phi) is 6.46. The largest absolute Gasteiger partial charge is 0.484 e. The Morgan fingerprint density at radius 3 is 2.36 bits per heavy atom. The van der Waals surface area contributed by atoms with E-state index in [1.54, 1.807) is 4.90 Å². The highest BCUT2D eigenvalue weighted by Gasteiger charge is 2.30. The average Bonchev–Trinajstić information content (AvgIpc) is 2.68. The van der Waals surface area contributed by atoms with Crippen molar-refractivity contribution in [1.82, 2.24) is 9.80 Å². The van der Waals surface area contributed by atoms with E-state index in [2.05, 4.69) is 4.90 Å². The van der Waals surface area contributed by atoms with Crippen molar-refractivity contribution in [3.8, 4) is 5.75 Å². The Morgan fingerprint density at radius 2 is 1.71 bits per heavy atom. The number of hydrogen-bond donors (Lipinski definition) is 0. The summed E-state index contributed by atoms with van der Waals surface area (Å²) >= 11 is 5.89. The summed E-state index contributed by atoms with van der Waals surface area (Å²) in [4.78, 5) is 16.2. The van der Waals surface area contributed by atoms with E-state index < -0.39 is 11.7 Å². The molecule has 1 fully saturated rings. The maximum atomic E-state index is 12.7. The van der Waals surface area contributed by atoms with Crippen LogP contribution in [0.25, 0.3) is 0 Å². The van der Waals surface area contributed by atoms with Crippen LogP contribution >= 0.6 is 11.6 Å². The number of ether oxygens (including phenoxy) is 1. The van der Waals surface area contributed by atoms with Gasteiger partial charge in [0.25, 0.3) is 5.91 Å². The maximum Gasteiger partial charge on any atom is 0.416 e. The average molecular weight is 413 g/mol. The van der Waals surface area contributed by atoms with Crippen LogP contribution < -0.4 is 4.74 Å². The van der Waals surface area contributed by atoms with E-state index >= 15 is 0 Å². The predicted octanol–water partition coefficient (Wildman–Crippen LogP) is 4.08. The summed E-state index contributed by atoms with van der Waals surface area (Å²) in [5, 5.41) is 0.694. The molecule has 150 valence electrons. The zero-order chi connectivity index (χ0) is 20.1. The third kappa shape index (κ3) is 5.62. The minimum absolute atomic E-state index is 0.0320. The molecule has 0 aromatic heterocycles. The number of benzene rings is 2. The van der Waals surface area contributed by atoms with E-state index in [1.165, 1.54) is 12.1 Å². The Hall–Kier alpha value is -2.25. The Bertz CT molecular complexity index is 804. The summed E-state index contributed by atoms with van der Waals surface area (Å²) < 4.78 is 43.5. The SMILES string of the molecule is O=C(COc1cccc(C(F)(F)F)c1)N1CCN(Cc2ccc(Cl)cc2)CC1. The number of carbonyl (C=O) groups is 1. The Labute approximate surface area is 166 Å².